The highest BCUT2D eigenvalue weighted by atomic mass is 32.2. The minimum Gasteiger partial charge on any atom is -0.368 e. The van der Waals surface area contributed by atoms with Crippen molar-refractivity contribution in [2.45, 2.75) is 37.3 Å². The Morgan fingerprint density at radius 2 is 1.97 bits per heavy atom. The van der Waals surface area contributed by atoms with Crippen molar-refractivity contribution in [1.29, 1.82) is 0 Å². The third kappa shape index (κ3) is 6.27. The molecule has 0 aliphatic heterocycles. The molecule has 0 atom stereocenters. The number of pyridine rings is 1. The first kappa shape index (κ1) is 22.7. The van der Waals surface area contributed by atoms with Gasteiger partial charge in [0.1, 0.15) is 11.6 Å². The van der Waals surface area contributed by atoms with E-state index in [0.717, 1.165) is 29.5 Å². The van der Waals surface area contributed by atoms with Gasteiger partial charge in [0.2, 0.25) is 0 Å². The van der Waals surface area contributed by atoms with Crippen LogP contribution in [-0.4, -0.2) is 29.1 Å². The first-order valence-corrected chi connectivity index (χ1v) is 10.7. The van der Waals surface area contributed by atoms with Crippen molar-refractivity contribution in [1.82, 2.24) is 15.5 Å². The summed E-state index contributed by atoms with van der Waals surface area (Å²) in [4.78, 5) is 17.5. The third-order valence-electron chi connectivity index (χ3n) is 4.47. The summed E-state index contributed by atoms with van der Waals surface area (Å²) in [6.07, 6.45) is 1.16. The number of rotatable bonds is 9. The van der Waals surface area contributed by atoms with Gasteiger partial charge in [-0.05, 0) is 37.6 Å². The van der Waals surface area contributed by atoms with Gasteiger partial charge in [-0.2, -0.15) is 0 Å². The molecule has 0 spiro atoms. The molecule has 6 nitrogen and oxygen atoms in total. The van der Waals surface area contributed by atoms with E-state index < -0.39 is 5.92 Å². The normalized spacial score (nSPS) is 11.4. The van der Waals surface area contributed by atoms with Crippen LogP contribution >= 0.6 is 11.8 Å². The summed E-state index contributed by atoms with van der Waals surface area (Å²) in [5, 5.41) is 9.80. The van der Waals surface area contributed by atoms with Gasteiger partial charge in [0, 0.05) is 42.7 Å². The van der Waals surface area contributed by atoms with Gasteiger partial charge in [-0.3, -0.25) is 4.79 Å². The Morgan fingerprint density at radius 1 is 1.19 bits per heavy atom. The number of benzene rings is 1. The van der Waals surface area contributed by atoms with Gasteiger partial charge < -0.3 is 15.2 Å². The Balaban J connectivity index is 1.52. The molecule has 0 bridgehead atoms. The Hall–Kier alpha value is -2.94. The molecule has 0 fully saturated rings. The van der Waals surface area contributed by atoms with Crippen LogP contribution in [0.5, 0.6) is 0 Å². The van der Waals surface area contributed by atoms with Gasteiger partial charge in [0.25, 0.3) is 11.8 Å². The highest BCUT2D eigenvalue weighted by Gasteiger charge is 2.25. The number of nitrogens with zero attached hydrogens (tertiary/aromatic N) is 2. The smallest absolute Gasteiger partial charge is 0.272 e. The summed E-state index contributed by atoms with van der Waals surface area (Å²) >= 11 is 1.50. The fourth-order valence-electron chi connectivity index (χ4n) is 2.87. The van der Waals surface area contributed by atoms with Crippen molar-refractivity contribution >= 4 is 23.5 Å². The van der Waals surface area contributed by atoms with E-state index in [-0.39, 0.29) is 11.5 Å². The number of halogens is 2. The van der Waals surface area contributed by atoms with Gasteiger partial charge >= 0.3 is 0 Å². The standard InChI is InChI=1S/C22H24F2N4O2S/c1-14-10-16(22(3,23)24)12-27-20(14)25-8-9-26-21(29)18-6-4-5-7-19(18)31-13-17-11-15(2)28-30-17/h4-7,10-12H,8-9,13H2,1-3H3,(H,25,27)(H,26,29). The molecule has 164 valence electrons. The third-order valence-corrected chi connectivity index (χ3v) is 5.56. The van der Waals surface area contributed by atoms with Crippen LogP contribution in [0.3, 0.4) is 0 Å². The van der Waals surface area contributed by atoms with Crippen molar-refractivity contribution in [3.8, 4) is 0 Å². The lowest BCUT2D eigenvalue weighted by atomic mass is 10.1. The van der Waals surface area contributed by atoms with Gasteiger partial charge in [-0.25, -0.2) is 13.8 Å². The number of carbonyl (C=O) groups excluding carboxylic acids is 1. The summed E-state index contributed by atoms with van der Waals surface area (Å²) in [6.45, 7) is 5.18. The first-order chi connectivity index (χ1) is 14.7. The highest BCUT2D eigenvalue weighted by Crippen LogP contribution is 2.28. The second-order valence-corrected chi connectivity index (χ2v) is 8.20. The second-order valence-electron chi connectivity index (χ2n) is 7.18. The molecule has 0 aliphatic carbocycles. The maximum absolute atomic E-state index is 13.4. The number of carbonyl (C=O) groups is 1. The Morgan fingerprint density at radius 3 is 2.65 bits per heavy atom. The fraction of sp³-hybridized carbons (Fsp3) is 0.318. The molecule has 1 amide bonds. The minimum atomic E-state index is -2.93. The molecule has 9 heteroatoms. The second kappa shape index (κ2) is 9.91. The number of nitrogens with one attached hydrogen (secondary N) is 2. The Kier molecular flexibility index (Phi) is 7.27. The van der Waals surface area contributed by atoms with Gasteiger partial charge in [0.15, 0.2) is 0 Å². The van der Waals surface area contributed by atoms with Crippen LogP contribution < -0.4 is 10.6 Å². The van der Waals surface area contributed by atoms with Crippen LogP contribution in [0, 0.1) is 13.8 Å². The van der Waals surface area contributed by atoms with Crippen LogP contribution in [-0.2, 0) is 11.7 Å². The van der Waals surface area contributed by atoms with Gasteiger partial charge in [0.05, 0.1) is 17.0 Å². The topological polar surface area (TPSA) is 80.0 Å². The number of aryl methyl sites for hydroxylation is 2. The number of amides is 1. The van der Waals surface area contributed by atoms with Crippen molar-refractivity contribution in [2.75, 3.05) is 18.4 Å². The molecular formula is C22H24F2N4O2S. The van der Waals surface area contributed by atoms with E-state index in [1.54, 1.807) is 13.0 Å². The first-order valence-electron chi connectivity index (χ1n) is 9.75. The molecule has 0 saturated heterocycles. The van der Waals surface area contributed by atoms with E-state index >= 15 is 0 Å². The summed E-state index contributed by atoms with van der Waals surface area (Å²) in [7, 11) is 0. The maximum Gasteiger partial charge on any atom is 0.272 e. The Labute approximate surface area is 183 Å². The van der Waals surface area contributed by atoms with Crippen molar-refractivity contribution in [3.05, 3.63) is 70.7 Å². The molecule has 0 saturated carbocycles. The van der Waals surface area contributed by atoms with Gasteiger partial charge in [-0.1, -0.05) is 17.3 Å². The lowest BCUT2D eigenvalue weighted by Crippen LogP contribution is -2.29. The molecule has 3 rings (SSSR count). The zero-order valence-electron chi connectivity index (χ0n) is 17.5. The molecule has 3 aromatic rings. The van der Waals surface area contributed by atoms with Crippen molar-refractivity contribution in [2.24, 2.45) is 0 Å². The molecule has 0 radical (unpaired) electrons. The molecule has 2 aromatic heterocycles. The average Bonchev–Trinajstić information content (AvgIpc) is 3.15. The van der Waals surface area contributed by atoms with E-state index in [1.807, 2.05) is 31.2 Å². The highest BCUT2D eigenvalue weighted by molar-refractivity contribution is 7.98. The largest absolute Gasteiger partial charge is 0.368 e. The van der Waals surface area contributed by atoms with Crippen molar-refractivity contribution < 1.29 is 18.1 Å². The van der Waals surface area contributed by atoms with Crippen LogP contribution in [0.25, 0.3) is 0 Å². The van der Waals surface area contributed by atoms with Crippen LogP contribution in [0.4, 0.5) is 14.6 Å². The summed E-state index contributed by atoms with van der Waals surface area (Å²) in [5.74, 6) is -1.28. The minimum absolute atomic E-state index is 0.126. The predicted molar refractivity (Wildman–Crippen MR) is 117 cm³/mol. The number of alkyl halides is 2. The number of hydrogen-bond donors (Lipinski definition) is 2. The van der Waals surface area contributed by atoms with Gasteiger partial charge in [-0.15, -0.1) is 11.8 Å². The summed E-state index contributed by atoms with van der Waals surface area (Å²) in [5.41, 5.74) is 1.89. The van der Waals surface area contributed by atoms with Crippen LogP contribution in [0.2, 0.25) is 0 Å². The number of aromatic nitrogens is 2. The van der Waals surface area contributed by atoms with E-state index in [9.17, 15) is 13.6 Å². The zero-order valence-corrected chi connectivity index (χ0v) is 18.4. The number of thioether (sulfide) groups is 1. The molecule has 0 aliphatic rings. The average molecular weight is 447 g/mol. The lowest BCUT2D eigenvalue weighted by molar-refractivity contribution is 0.0171. The molecule has 31 heavy (non-hydrogen) atoms. The predicted octanol–water partition coefficient (Wildman–Crippen LogP) is 4.93. The number of anilines is 1. The molecule has 1 aromatic carbocycles. The van der Waals surface area contributed by atoms with Crippen molar-refractivity contribution in [3.63, 3.8) is 0 Å². The lowest BCUT2D eigenvalue weighted by Gasteiger charge is -2.14. The molecule has 2 N–H and O–H groups in total. The molecule has 2 heterocycles. The summed E-state index contributed by atoms with van der Waals surface area (Å²) < 4.78 is 32.0. The number of hydrogen-bond acceptors (Lipinski definition) is 6. The monoisotopic (exact) mass is 446 g/mol. The maximum atomic E-state index is 13.4. The van der Waals surface area contributed by atoms with E-state index in [4.69, 9.17) is 4.52 Å². The quantitative estimate of drug-likeness (QED) is 0.358. The summed E-state index contributed by atoms with van der Waals surface area (Å²) in [6, 6.07) is 10.6. The van der Waals surface area contributed by atoms with Crippen LogP contribution in [0.1, 0.15) is 39.9 Å². The zero-order chi connectivity index (χ0) is 22.4. The van der Waals surface area contributed by atoms with Crippen LogP contribution in [0.15, 0.2) is 52.0 Å². The van der Waals surface area contributed by atoms with E-state index in [0.29, 0.717) is 35.8 Å². The van der Waals surface area contributed by atoms with E-state index in [2.05, 4.69) is 20.8 Å². The Bertz CT molecular complexity index is 1050. The molecular weight excluding hydrogens is 422 g/mol. The molecule has 0 unspecified atom stereocenters. The van der Waals surface area contributed by atoms with E-state index in [1.165, 1.54) is 17.8 Å². The SMILES string of the molecule is Cc1cc(CSc2ccccc2C(=O)NCCNc2ncc(C(C)(F)F)cc2C)on1. The fourth-order valence-corrected chi connectivity index (χ4v) is 3.79.